The van der Waals surface area contributed by atoms with Crippen LogP contribution in [0.3, 0.4) is 0 Å². The average Bonchev–Trinajstić information content (AvgIpc) is 2.92. The third-order valence-electron chi connectivity index (χ3n) is 6.21. The van der Waals surface area contributed by atoms with Gasteiger partial charge in [-0.2, -0.15) is 0 Å². The molecule has 0 heterocycles. The molecule has 0 aromatic carbocycles. The molecule has 0 amide bonds. The molecule has 0 spiro atoms. The fourth-order valence-corrected chi connectivity index (χ4v) is 5.84. The van der Waals surface area contributed by atoms with Crippen molar-refractivity contribution in [2.24, 2.45) is 35.5 Å². The van der Waals surface area contributed by atoms with E-state index in [-0.39, 0.29) is 11.8 Å². The minimum Gasteiger partial charge on any atom is -0.481 e. The number of aliphatic carboxylic acids is 1. The van der Waals surface area contributed by atoms with Crippen LogP contribution in [0, 0.1) is 35.5 Å². The van der Waals surface area contributed by atoms with Gasteiger partial charge in [-0.05, 0) is 61.7 Å². The summed E-state index contributed by atoms with van der Waals surface area (Å²) in [5.74, 6) is 1.24. The second-order valence-electron chi connectivity index (χ2n) is 6.46. The van der Waals surface area contributed by atoms with Crippen LogP contribution in [-0.4, -0.2) is 21.8 Å². The fourth-order valence-electron chi connectivity index (χ4n) is 5.84. The number of carbonyl (C=O) groups is 1. The van der Waals surface area contributed by atoms with E-state index in [9.17, 15) is 15.0 Å². The minimum absolute atomic E-state index is 0.158. The Morgan fingerprint density at radius 2 is 1.94 bits per heavy atom. The lowest BCUT2D eigenvalue weighted by molar-refractivity contribution is -0.152. The molecule has 3 heteroatoms. The summed E-state index contributed by atoms with van der Waals surface area (Å²) in [6, 6.07) is 0. The molecular formula is C13H18O3. The van der Waals surface area contributed by atoms with Crippen LogP contribution in [-0.2, 0) is 4.79 Å². The number of aliphatic hydroxyl groups is 1. The van der Waals surface area contributed by atoms with Crippen molar-refractivity contribution >= 4 is 5.97 Å². The molecule has 4 aliphatic carbocycles. The van der Waals surface area contributed by atoms with Gasteiger partial charge in [-0.3, -0.25) is 4.79 Å². The minimum atomic E-state index is -0.627. The highest BCUT2D eigenvalue weighted by Crippen LogP contribution is 2.70. The number of rotatable bonds is 1. The van der Waals surface area contributed by atoms with Crippen LogP contribution in [0.4, 0.5) is 0 Å². The summed E-state index contributed by atoms with van der Waals surface area (Å²) in [5, 5.41) is 20.1. The highest BCUT2D eigenvalue weighted by Gasteiger charge is 2.71. The Morgan fingerprint density at radius 3 is 2.69 bits per heavy atom. The summed E-state index contributed by atoms with van der Waals surface area (Å²) in [4.78, 5) is 11.2. The van der Waals surface area contributed by atoms with Crippen LogP contribution in [0.5, 0.6) is 0 Å². The lowest BCUT2D eigenvalue weighted by Crippen LogP contribution is -2.50. The van der Waals surface area contributed by atoms with Crippen molar-refractivity contribution in [1.82, 2.24) is 0 Å². The smallest absolute Gasteiger partial charge is 0.306 e. The molecule has 2 N–H and O–H groups in total. The Bertz CT molecular complexity index is 366. The van der Waals surface area contributed by atoms with E-state index in [0.29, 0.717) is 23.7 Å². The van der Waals surface area contributed by atoms with E-state index in [4.69, 9.17) is 0 Å². The first kappa shape index (κ1) is 9.46. The summed E-state index contributed by atoms with van der Waals surface area (Å²) >= 11 is 0. The Hall–Kier alpha value is -0.570. The zero-order chi connectivity index (χ0) is 11.1. The Kier molecular flexibility index (Phi) is 1.56. The van der Waals surface area contributed by atoms with Crippen molar-refractivity contribution in [3.05, 3.63) is 0 Å². The molecule has 0 aromatic heterocycles. The van der Waals surface area contributed by atoms with E-state index >= 15 is 0 Å². The topological polar surface area (TPSA) is 57.5 Å². The fraction of sp³-hybridized carbons (Fsp3) is 0.923. The Morgan fingerprint density at radius 1 is 1.12 bits per heavy atom. The molecule has 7 atom stereocenters. The van der Waals surface area contributed by atoms with Crippen molar-refractivity contribution < 1.29 is 15.0 Å². The molecule has 4 aliphatic rings. The lowest BCUT2D eigenvalue weighted by atomic mass is 9.64. The molecule has 0 radical (unpaired) electrons. The average molecular weight is 222 g/mol. The van der Waals surface area contributed by atoms with Crippen molar-refractivity contribution in [3.8, 4) is 0 Å². The van der Waals surface area contributed by atoms with E-state index in [1.54, 1.807) is 0 Å². The van der Waals surface area contributed by atoms with Crippen molar-refractivity contribution in [2.75, 3.05) is 0 Å². The first-order valence-electron chi connectivity index (χ1n) is 6.57. The lowest BCUT2D eigenvalue weighted by Gasteiger charge is -2.44. The molecule has 4 bridgehead atoms. The molecule has 16 heavy (non-hydrogen) atoms. The molecule has 4 rings (SSSR count). The van der Waals surface area contributed by atoms with Crippen LogP contribution in [0.2, 0.25) is 0 Å². The van der Waals surface area contributed by atoms with E-state index in [0.717, 1.165) is 12.8 Å². The molecule has 0 saturated heterocycles. The maximum Gasteiger partial charge on any atom is 0.306 e. The van der Waals surface area contributed by atoms with Gasteiger partial charge in [0.05, 0.1) is 11.5 Å². The third kappa shape index (κ3) is 0.816. The van der Waals surface area contributed by atoms with E-state index in [2.05, 4.69) is 0 Å². The van der Waals surface area contributed by atoms with Gasteiger partial charge in [0.25, 0.3) is 0 Å². The summed E-state index contributed by atoms with van der Waals surface area (Å²) in [5.41, 5.74) is -0.459. The first-order valence-corrected chi connectivity index (χ1v) is 6.57. The Balaban J connectivity index is 1.74. The quantitative estimate of drug-likeness (QED) is 0.661. The highest BCUT2D eigenvalue weighted by atomic mass is 16.4. The number of fused-ring (bicyclic) bond motifs is 9. The van der Waals surface area contributed by atoms with Gasteiger partial charge < -0.3 is 10.2 Å². The summed E-state index contributed by atoms with van der Waals surface area (Å²) in [6.45, 7) is 0. The van der Waals surface area contributed by atoms with Crippen LogP contribution in [0.25, 0.3) is 0 Å². The summed E-state index contributed by atoms with van der Waals surface area (Å²) in [6.07, 6.45) is 5.29. The second kappa shape index (κ2) is 2.63. The van der Waals surface area contributed by atoms with Crippen molar-refractivity contribution in [2.45, 2.75) is 37.7 Å². The summed E-state index contributed by atoms with van der Waals surface area (Å²) in [7, 11) is 0. The van der Waals surface area contributed by atoms with Crippen molar-refractivity contribution in [3.63, 3.8) is 0 Å². The second-order valence-corrected chi connectivity index (χ2v) is 6.46. The molecule has 0 aliphatic heterocycles. The Labute approximate surface area is 94.8 Å². The summed E-state index contributed by atoms with van der Waals surface area (Å²) < 4.78 is 0. The molecule has 4 saturated carbocycles. The van der Waals surface area contributed by atoms with Crippen molar-refractivity contribution in [1.29, 1.82) is 0 Å². The van der Waals surface area contributed by atoms with Gasteiger partial charge in [0.1, 0.15) is 0 Å². The monoisotopic (exact) mass is 222 g/mol. The zero-order valence-corrected chi connectivity index (χ0v) is 9.30. The van der Waals surface area contributed by atoms with Gasteiger partial charge in [-0.1, -0.05) is 0 Å². The van der Waals surface area contributed by atoms with E-state index in [1.165, 1.54) is 19.3 Å². The molecule has 3 nitrogen and oxygen atoms in total. The van der Waals surface area contributed by atoms with Crippen LogP contribution >= 0.6 is 0 Å². The predicted octanol–water partition coefficient (Wildman–Crippen LogP) is 1.50. The SMILES string of the molecule is O=C(O)C1CC2CC1C1C3CCC(C3)C21O. The molecular weight excluding hydrogens is 204 g/mol. The van der Waals surface area contributed by atoms with Gasteiger partial charge >= 0.3 is 5.97 Å². The number of hydrogen-bond donors (Lipinski definition) is 2. The van der Waals surface area contributed by atoms with Gasteiger partial charge in [-0.15, -0.1) is 0 Å². The third-order valence-corrected chi connectivity index (χ3v) is 6.21. The van der Waals surface area contributed by atoms with Crippen LogP contribution in [0.1, 0.15) is 32.1 Å². The molecule has 4 fully saturated rings. The molecule has 0 aromatic rings. The van der Waals surface area contributed by atoms with E-state index in [1.807, 2.05) is 0 Å². The first-order chi connectivity index (χ1) is 7.62. The van der Waals surface area contributed by atoms with E-state index < -0.39 is 11.6 Å². The van der Waals surface area contributed by atoms with Gasteiger partial charge in [-0.25, -0.2) is 0 Å². The van der Waals surface area contributed by atoms with Crippen LogP contribution in [0.15, 0.2) is 0 Å². The van der Waals surface area contributed by atoms with Gasteiger partial charge in [0.15, 0.2) is 0 Å². The zero-order valence-electron chi connectivity index (χ0n) is 9.30. The number of carboxylic acids is 1. The number of hydrogen-bond acceptors (Lipinski definition) is 2. The van der Waals surface area contributed by atoms with Gasteiger partial charge in [0.2, 0.25) is 0 Å². The largest absolute Gasteiger partial charge is 0.481 e. The normalized spacial score (nSPS) is 61.6. The predicted molar refractivity (Wildman–Crippen MR) is 56.6 cm³/mol. The number of carboxylic acid groups (broad SMARTS) is 1. The van der Waals surface area contributed by atoms with Crippen LogP contribution < -0.4 is 0 Å². The maximum absolute atomic E-state index is 11.2. The standard InChI is InChI=1S/C13H18O3/c14-12(15)10-5-8-4-9(10)11-6-1-2-7(3-6)13(8,11)16/h6-11,16H,1-5H2,(H,14,15). The highest BCUT2D eigenvalue weighted by molar-refractivity contribution is 5.71. The molecule has 7 unspecified atom stereocenters. The molecule has 88 valence electrons. The van der Waals surface area contributed by atoms with Gasteiger partial charge in [0, 0.05) is 0 Å². The maximum atomic E-state index is 11.2.